The molecule has 30 heavy (non-hydrogen) atoms. The third kappa shape index (κ3) is 5.39. The van der Waals surface area contributed by atoms with Crippen molar-refractivity contribution in [3.63, 3.8) is 0 Å². The van der Waals surface area contributed by atoms with Crippen molar-refractivity contribution in [3.05, 3.63) is 58.7 Å². The minimum atomic E-state index is -0.461. The number of pyridine rings is 2. The lowest BCUT2D eigenvalue weighted by molar-refractivity contribution is 0.0527. The lowest BCUT2D eigenvalue weighted by Gasteiger charge is -2.21. The number of anilines is 1. The molecule has 3 rings (SSSR count). The highest BCUT2D eigenvalue weighted by Gasteiger charge is 2.21. The molecule has 0 aliphatic rings. The first-order valence-corrected chi connectivity index (χ1v) is 10.2. The van der Waals surface area contributed by atoms with Crippen LogP contribution in [-0.2, 0) is 11.3 Å². The maximum Gasteiger partial charge on any atom is 0.341 e. The minimum Gasteiger partial charge on any atom is -0.473 e. The first-order chi connectivity index (χ1) is 14.3. The fourth-order valence-corrected chi connectivity index (χ4v) is 3.04. The summed E-state index contributed by atoms with van der Waals surface area (Å²) < 4.78 is 11.1. The monoisotopic (exact) mass is 427 g/mol. The van der Waals surface area contributed by atoms with Crippen LogP contribution in [0.2, 0.25) is 5.02 Å². The number of fused-ring (bicyclic) bond motifs is 1. The number of esters is 1. The molecule has 2 aromatic heterocycles. The zero-order valence-corrected chi connectivity index (χ0v) is 18.4. The van der Waals surface area contributed by atoms with Crippen LogP contribution in [0.5, 0.6) is 5.88 Å². The molecule has 0 saturated carbocycles. The average Bonchev–Trinajstić information content (AvgIpc) is 2.70. The van der Waals surface area contributed by atoms with Gasteiger partial charge in [0, 0.05) is 18.8 Å². The van der Waals surface area contributed by atoms with Crippen LogP contribution in [0.25, 0.3) is 11.0 Å². The summed E-state index contributed by atoms with van der Waals surface area (Å²) in [7, 11) is 0. The molecule has 1 aromatic carbocycles. The summed E-state index contributed by atoms with van der Waals surface area (Å²) in [6.45, 7) is 9.30. The van der Waals surface area contributed by atoms with E-state index in [-0.39, 0.29) is 12.0 Å². The van der Waals surface area contributed by atoms with Gasteiger partial charge in [-0.15, -0.1) is 0 Å². The lowest BCUT2D eigenvalue weighted by atomic mass is 9.96. The van der Waals surface area contributed by atoms with Gasteiger partial charge in [-0.2, -0.15) is 0 Å². The van der Waals surface area contributed by atoms with Gasteiger partial charge in [-0.05, 0) is 17.9 Å². The van der Waals surface area contributed by atoms with Gasteiger partial charge >= 0.3 is 5.97 Å². The Hall–Kier alpha value is -2.86. The predicted molar refractivity (Wildman–Crippen MR) is 119 cm³/mol. The second kappa shape index (κ2) is 9.30. The van der Waals surface area contributed by atoms with Crippen LogP contribution in [-0.4, -0.2) is 29.1 Å². The second-order valence-electron chi connectivity index (χ2n) is 8.10. The van der Waals surface area contributed by atoms with E-state index < -0.39 is 5.97 Å². The number of halogens is 1. The fourth-order valence-electron chi connectivity index (χ4n) is 2.81. The highest BCUT2D eigenvalue weighted by molar-refractivity contribution is 6.35. The van der Waals surface area contributed by atoms with Crippen LogP contribution in [0.3, 0.4) is 0 Å². The normalized spacial score (nSPS) is 11.4. The number of hydrogen-bond acceptors (Lipinski definition) is 6. The highest BCUT2D eigenvalue weighted by Crippen LogP contribution is 2.33. The molecule has 3 aromatic rings. The Morgan fingerprint density at radius 2 is 1.90 bits per heavy atom. The van der Waals surface area contributed by atoms with Crippen molar-refractivity contribution < 1.29 is 14.3 Å². The third-order valence-electron chi connectivity index (χ3n) is 4.27. The van der Waals surface area contributed by atoms with Crippen LogP contribution in [0, 0.1) is 5.41 Å². The highest BCUT2D eigenvalue weighted by atomic mass is 35.5. The Kier molecular flexibility index (Phi) is 6.77. The first-order valence-electron chi connectivity index (χ1n) is 9.85. The molecule has 0 bridgehead atoms. The number of benzene rings is 1. The summed E-state index contributed by atoms with van der Waals surface area (Å²) in [6.07, 6.45) is 1.48. The van der Waals surface area contributed by atoms with E-state index in [0.717, 1.165) is 5.56 Å². The Labute approximate surface area is 181 Å². The molecule has 158 valence electrons. The van der Waals surface area contributed by atoms with E-state index in [1.54, 1.807) is 13.0 Å². The Morgan fingerprint density at radius 1 is 1.17 bits per heavy atom. The number of nitrogens with zero attached hydrogens (tertiary/aromatic N) is 2. The molecule has 0 aliphatic heterocycles. The summed E-state index contributed by atoms with van der Waals surface area (Å²) in [5.41, 5.74) is 2.82. The van der Waals surface area contributed by atoms with Crippen LogP contribution < -0.4 is 10.1 Å². The van der Waals surface area contributed by atoms with Crippen LogP contribution in [0.4, 0.5) is 5.69 Å². The standard InChI is InChI=1S/C23H26ClN3O3/c1-5-29-22(28)16-12-25-20-17(24)11-18(30-13-15-9-7-6-8-10-15)27-21(20)19(16)26-14-23(2,3)4/h6-12H,5,13-14H2,1-4H3,(H,25,26). The zero-order chi connectivity index (χ0) is 21.7. The van der Waals surface area contributed by atoms with Gasteiger partial charge in [0.25, 0.3) is 0 Å². The third-order valence-corrected chi connectivity index (χ3v) is 4.56. The Balaban J connectivity index is 2.04. The quantitative estimate of drug-likeness (QED) is 0.502. The van der Waals surface area contributed by atoms with Crippen LogP contribution in [0.1, 0.15) is 43.6 Å². The summed E-state index contributed by atoms with van der Waals surface area (Å²) in [6, 6.07) is 11.4. The molecule has 0 amide bonds. The summed E-state index contributed by atoms with van der Waals surface area (Å²) in [5.74, 6) is -0.102. The van der Waals surface area contributed by atoms with Gasteiger partial charge in [-0.25, -0.2) is 9.78 Å². The molecular formula is C23H26ClN3O3. The smallest absolute Gasteiger partial charge is 0.341 e. The second-order valence-corrected chi connectivity index (χ2v) is 8.50. The van der Waals surface area contributed by atoms with Gasteiger partial charge in [0.2, 0.25) is 5.88 Å². The number of nitrogens with one attached hydrogen (secondary N) is 1. The van der Waals surface area contributed by atoms with E-state index in [9.17, 15) is 4.79 Å². The summed E-state index contributed by atoms with van der Waals surface area (Å²) in [5, 5.41) is 3.75. The molecule has 0 atom stereocenters. The van der Waals surface area contributed by atoms with Crippen molar-refractivity contribution in [3.8, 4) is 5.88 Å². The van der Waals surface area contributed by atoms with Crippen molar-refractivity contribution in [1.29, 1.82) is 0 Å². The van der Waals surface area contributed by atoms with E-state index in [4.69, 9.17) is 21.1 Å². The van der Waals surface area contributed by atoms with E-state index in [0.29, 0.717) is 46.3 Å². The molecule has 2 heterocycles. The van der Waals surface area contributed by atoms with Gasteiger partial charge in [-0.3, -0.25) is 4.98 Å². The average molecular weight is 428 g/mol. The topological polar surface area (TPSA) is 73.3 Å². The van der Waals surface area contributed by atoms with Gasteiger partial charge in [0.15, 0.2) is 0 Å². The molecule has 0 spiro atoms. The minimum absolute atomic E-state index is 0.0211. The number of carbonyl (C=O) groups excluding carboxylic acids is 1. The van der Waals surface area contributed by atoms with Crippen molar-refractivity contribution in [1.82, 2.24) is 9.97 Å². The first kappa shape index (κ1) is 21.8. The summed E-state index contributed by atoms with van der Waals surface area (Å²) in [4.78, 5) is 21.5. The number of aromatic nitrogens is 2. The van der Waals surface area contributed by atoms with Crippen LogP contribution >= 0.6 is 11.6 Å². The molecule has 7 heteroatoms. The van der Waals surface area contributed by atoms with Crippen molar-refractivity contribution in [2.75, 3.05) is 18.5 Å². The van der Waals surface area contributed by atoms with Crippen LogP contribution in [0.15, 0.2) is 42.6 Å². The Bertz CT molecular complexity index is 1030. The Morgan fingerprint density at radius 3 is 2.57 bits per heavy atom. The van der Waals surface area contributed by atoms with E-state index in [1.807, 2.05) is 30.3 Å². The maximum absolute atomic E-state index is 12.5. The molecule has 1 N–H and O–H groups in total. The summed E-state index contributed by atoms with van der Waals surface area (Å²) >= 11 is 6.47. The molecular weight excluding hydrogens is 402 g/mol. The maximum atomic E-state index is 12.5. The molecule has 0 saturated heterocycles. The predicted octanol–water partition coefficient (Wildman–Crippen LogP) is 5.50. The number of rotatable bonds is 7. The SMILES string of the molecule is CCOC(=O)c1cnc2c(Cl)cc(OCc3ccccc3)nc2c1NCC(C)(C)C. The largest absolute Gasteiger partial charge is 0.473 e. The van der Waals surface area contributed by atoms with E-state index in [2.05, 4.69) is 36.1 Å². The van der Waals surface area contributed by atoms with Crippen molar-refractivity contribution in [2.24, 2.45) is 5.41 Å². The van der Waals surface area contributed by atoms with E-state index >= 15 is 0 Å². The fraction of sp³-hybridized carbons (Fsp3) is 0.348. The van der Waals surface area contributed by atoms with Crippen molar-refractivity contribution in [2.45, 2.75) is 34.3 Å². The molecule has 0 radical (unpaired) electrons. The zero-order valence-electron chi connectivity index (χ0n) is 17.7. The number of hydrogen-bond donors (Lipinski definition) is 1. The number of ether oxygens (including phenoxy) is 2. The van der Waals surface area contributed by atoms with E-state index in [1.165, 1.54) is 6.20 Å². The molecule has 0 aliphatic carbocycles. The van der Waals surface area contributed by atoms with Crippen molar-refractivity contribution >= 4 is 34.3 Å². The van der Waals surface area contributed by atoms with Gasteiger partial charge < -0.3 is 14.8 Å². The van der Waals surface area contributed by atoms with Gasteiger partial charge in [0.05, 0.1) is 17.3 Å². The lowest BCUT2D eigenvalue weighted by Crippen LogP contribution is -2.21. The molecule has 0 unspecified atom stereocenters. The number of carbonyl (C=O) groups is 1. The molecule has 6 nitrogen and oxygen atoms in total. The molecule has 0 fully saturated rings. The van der Waals surface area contributed by atoms with Gasteiger partial charge in [0.1, 0.15) is 23.2 Å². The van der Waals surface area contributed by atoms with Gasteiger partial charge in [-0.1, -0.05) is 62.7 Å².